The van der Waals surface area contributed by atoms with E-state index in [0.717, 1.165) is 18.6 Å². The highest BCUT2D eigenvalue weighted by atomic mass is 16.7. The molecular weight excluding hydrogens is 168 g/mol. The Morgan fingerprint density at radius 1 is 1.46 bits per heavy atom. The quantitative estimate of drug-likeness (QED) is 0.308. The molecule has 0 aromatic carbocycles. The van der Waals surface area contributed by atoms with Crippen molar-refractivity contribution >= 4 is 11.8 Å². The molecule has 4 heteroatoms. The summed E-state index contributed by atoms with van der Waals surface area (Å²) in [5.74, 6) is 0. The Bertz CT molecular complexity index is 210. The predicted molar refractivity (Wildman–Crippen MR) is 52.4 cm³/mol. The molecule has 0 aromatic rings. The number of rotatable bonds is 5. The van der Waals surface area contributed by atoms with E-state index in [1.165, 1.54) is 0 Å². The molecule has 1 amide bonds. The van der Waals surface area contributed by atoms with Crippen molar-refractivity contribution in [2.75, 3.05) is 0 Å². The molecule has 0 aromatic heterocycles. The van der Waals surface area contributed by atoms with Gasteiger partial charge in [-0.3, -0.25) is 4.84 Å². The summed E-state index contributed by atoms with van der Waals surface area (Å²) in [6.07, 6.45) is 5.61. The number of allylic oxidation sites excluding steroid dienone is 2. The number of oxime groups is 1. The van der Waals surface area contributed by atoms with Gasteiger partial charge in [-0.1, -0.05) is 31.2 Å². The number of primary amides is 1. The van der Waals surface area contributed by atoms with Crippen molar-refractivity contribution in [2.24, 2.45) is 10.9 Å². The molecule has 0 saturated heterocycles. The molecule has 0 heterocycles. The highest BCUT2D eigenvalue weighted by Gasteiger charge is 1.95. The van der Waals surface area contributed by atoms with E-state index in [1.807, 2.05) is 19.1 Å². The highest BCUT2D eigenvalue weighted by Crippen LogP contribution is 1.96. The van der Waals surface area contributed by atoms with E-state index in [9.17, 15) is 4.79 Å². The van der Waals surface area contributed by atoms with Gasteiger partial charge in [-0.2, -0.15) is 0 Å². The van der Waals surface area contributed by atoms with E-state index in [4.69, 9.17) is 5.73 Å². The number of hydrogen-bond acceptors (Lipinski definition) is 3. The van der Waals surface area contributed by atoms with Gasteiger partial charge in [0.15, 0.2) is 0 Å². The second-order valence-corrected chi connectivity index (χ2v) is 2.51. The van der Waals surface area contributed by atoms with E-state index in [1.54, 1.807) is 0 Å². The molecule has 74 valence electrons. The maximum atomic E-state index is 10.2. The Kier molecular flexibility index (Phi) is 6.59. The minimum atomic E-state index is -0.870. The summed E-state index contributed by atoms with van der Waals surface area (Å²) in [6, 6.07) is 0. The summed E-state index contributed by atoms with van der Waals surface area (Å²) in [7, 11) is 0. The predicted octanol–water partition coefficient (Wildman–Crippen LogP) is 2.20. The molecule has 0 aliphatic carbocycles. The van der Waals surface area contributed by atoms with Gasteiger partial charge in [0.25, 0.3) is 0 Å². The zero-order valence-electron chi connectivity index (χ0n) is 8.12. The largest absolute Gasteiger partial charge is 0.430 e. The lowest BCUT2D eigenvalue weighted by Gasteiger charge is -1.97. The minimum Gasteiger partial charge on any atom is -0.333 e. The van der Waals surface area contributed by atoms with Gasteiger partial charge in [0.05, 0.1) is 5.71 Å². The van der Waals surface area contributed by atoms with E-state index >= 15 is 0 Å². The highest BCUT2D eigenvalue weighted by molar-refractivity contribution is 5.85. The maximum Gasteiger partial charge on any atom is 0.430 e. The first kappa shape index (κ1) is 11.7. The molecule has 0 spiro atoms. The number of nitrogens with two attached hydrogens (primary N) is 1. The van der Waals surface area contributed by atoms with E-state index in [2.05, 4.69) is 16.9 Å². The summed E-state index contributed by atoms with van der Waals surface area (Å²) in [5.41, 5.74) is 5.57. The molecule has 0 aliphatic heterocycles. The number of nitrogens with zero attached hydrogens (tertiary/aromatic N) is 1. The van der Waals surface area contributed by atoms with Crippen molar-refractivity contribution in [1.82, 2.24) is 0 Å². The van der Waals surface area contributed by atoms with E-state index in [0.29, 0.717) is 6.42 Å². The fourth-order valence-electron chi connectivity index (χ4n) is 0.742. The van der Waals surface area contributed by atoms with Gasteiger partial charge in [-0.25, -0.2) is 4.79 Å². The van der Waals surface area contributed by atoms with E-state index < -0.39 is 6.09 Å². The molecule has 0 aliphatic rings. The van der Waals surface area contributed by atoms with Gasteiger partial charge in [0, 0.05) is 6.42 Å². The molecule has 0 radical (unpaired) electrons. The first-order chi connectivity index (χ1) is 6.20. The van der Waals surface area contributed by atoms with Crippen LogP contribution in [0.4, 0.5) is 4.79 Å². The van der Waals surface area contributed by atoms with Crippen LogP contribution in [0, 0.1) is 0 Å². The van der Waals surface area contributed by atoms with Crippen LogP contribution in [0.25, 0.3) is 0 Å². The van der Waals surface area contributed by atoms with Crippen LogP contribution >= 0.6 is 0 Å². The number of hydrogen-bond donors (Lipinski definition) is 1. The van der Waals surface area contributed by atoms with Crippen molar-refractivity contribution in [3.05, 3.63) is 12.2 Å². The molecule has 0 fully saturated rings. The van der Waals surface area contributed by atoms with Gasteiger partial charge in [0.2, 0.25) is 0 Å². The molecule has 0 atom stereocenters. The average Bonchev–Trinajstić information content (AvgIpc) is 2.10. The second kappa shape index (κ2) is 7.34. The third kappa shape index (κ3) is 7.05. The van der Waals surface area contributed by atoms with Crippen molar-refractivity contribution < 1.29 is 9.63 Å². The lowest BCUT2D eigenvalue weighted by atomic mass is 10.2. The van der Waals surface area contributed by atoms with Crippen LogP contribution in [-0.2, 0) is 4.84 Å². The lowest BCUT2D eigenvalue weighted by molar-refractivity contribution is 0.161. The monoisotopic (exact) mass is 184 g/mol. The second-order valence-electron chi connectivity index (χ2n) is 2.51. The molecule has 2 N–H and O–H groups in total. The van der Waals surface area contributed by atoms with Crippen LogP contribution < -0.4 is 5.73 Å². The Balaban J connectivity index is 3.93. The normalized spacial score (nSPS) is 12.0. The van der Waals surface area contributed by atoms with Crippen molar-refractivity contribution in [1.29, 1.82) is 0 Å². The molecular formula is C9H16N2O2. The number of amides is 1. The Morgan fingerprint density at radius 2 is 2.15 bits per heavy atom. The van der Waals surface area contributed by atoms with Crippen molar-refractivity contribution in [3.63, 3.8) is 0 Å². The SMILES string of the molecule is CC/C=C/C/C(CC)=N/OC(N)=O. The summed E-state index contributed by atoms with van der Waals surface area (Å²) in [6.45, 7) is 4.00. The smallest absolute Gasteiger partial charge is 0.333 e. The van der Waals surface area contributed by atoms with Gasteiger partial charge < -0.3 is 5.73 Å². The van der Waals surface area contributed by atoms with Crippen LogP contribution in [0.1, 0.15) is 33.1 Å². The summed E-state index contributed by atoms with van der Waals surface area (Å²) < 4.78 is 0. The Labute approximate surface area is 78.4 Å². The minimum absolute atomic E-state index is 0.706. The maximum absolute atomic E-state index is 10.2. The Hall–Kier alpha value is -1.32. The first-order valence-electron chi connectivity index (χ1n) is 4.37. The van der Waals surface area contributed by atoms with Gasteiger partial charge in [0.1, 0.15) is 0 Å². The lowest BCUT2D eigenvalue weighted by Crippen LogP contribution is -2.10. The molecule has 0 saturated carbocycles. The fraction of sp³-hybridized carbons (Fsp3) is 0.556. The summed E-state index contributed by atoms with van der Waals surface area (Å²) >= 11 is 0. The summed E-state index contributed by atoms with van der Waals surface area (Å²) in [5, 5.41) is 3.60. The van der Waals surface area contributed by atoms with E-state index in [-0.39, 0.29) is 0 Å². The third-order valence-electron chi connectivity index (χ3n) is 1.43. The van der Waals surface area contributed by atoms with Gasteiger partial charge in [-0.15, -0.1) is 0 Å². The van der Waals surface area contributed by atoms with Crippen molar-refractivity contribution in [3.8, 4) is 0 Å². The van der Waals surface area contributed by atoms with Crippen molar-refractivity contribution in [2.45, 2.75) is 33.1 Å². The molecule has 0 unspecified atom stereocenters. The van der Waals surface area contributed by atoms with Gasteiger partial charge >= 0.3 is 6.09 Å². The van der Waals surface area contributed by atoms with Crippen LogP contribution in [0.5, 0.6) is 0 Å². The standard InChI is InChI=1S/C9H16N2O2/c1-3-5-6-7-8(4-2)11-13-9(10)12/h5-6H,3-4,7H2,1-2H3,(H2,10,12)/b6-5+,11-8+. The zero-order valence-corrected chi connectivity index (χ0v) is 8.12. The molecule has 0 rings (SSSR count). The number of carbonyl (C=O) groups excluding carboxylic acids is 1. The van der Waals surface area contributed by atoms with Crippen LogP contribution in [0.3, 0.4) is 0 Å². The topological polar surface area (TPSA) is 64.7 Å². The number of carbonyl (C=O) groups is 1. The third-order valence-corrected chi connectivity index (χ3v) is 1.43. The van der Waals surface area contributed by atoms with Crippen LogP contribution in [-0.4, -0.2) is 11.8 Å². The molecule has 4 nitrogen and oxygen atoms in total. The van der Waals surface area contributed by atoms with Gasteiger partial charge in [-0.05, 0) is 12.8 Å². The zero-order chi connectivity index (χ0) is 10.1. The molecule has 13 heavy (non-hydrogen) atoms. The van der Waals surface area contributed by atoms with Crippen LogP contribution in [0.15, 0.2) is 17.3 Å². The summed E-state index contributed by atoms with van der Waals surface area (Å²) in [4.78, 5) is 14.5. The fourth-order valence-corrected chi connectivity index (χ4v) is 0.742. The Morgan fingerprint density at radius 3 is 2.62 bits per heavy atom. The van der Waals surface area contributed by atoms with Crippen LogP contribution in [0.2, 0.25) is 0 Å². The average molecular weight is 184 g/mol. The molecule has 0 bridgehead atoms. The first-order valence-corrected chi connectivity index (χ1v) is 4.37.